The van der Waals surface area contributed by atoms with Crippen LogP contribution in [0.25, 0.3) is 0 Å². The molecule has 0 spiro atoms. The van der Waals surface area contributed by atoms with Crippen molar-refractivity contribution >= 4 is 11.6 Å². The first-order chi connectivity index (χ1) is 4.33. The summed E-state index contributed by atoms with van der Waals surface area (Å²) in [5.41, 5.74) is 0. The molecule has 0 N–H and O–H groups in total. The predicted molar refractivity (Wildman–Crippen MR) is 35.2 cm³/mol. The summed E-state index contributed by atoms with van der Waals surface area (Å²) in [7, 11) is 3.18. The quantitative estimate of drug-likeness (QED) is 0.559. The van der Waals surface area contributed by atoms with Gasteiger partial charge in [-0.15, -0.1) is 0 Å². The molecule has 3 heteroatoms. The van der Waals surface area contributed by atoms with Crippen LogP contribution in [0, 0.1) is 7.11 Å². The van der Waals surface area contributed by atoms with Gasteiger partial charge in [0, 0.05) is 6.07 Å². The lowest BCUT2D eigenvalue weighted by atomic mass is 10.5. The summed E-state index contributed by atoms with van der Waals surface area (Å²) in [6.07, 6.45) is 0. The van der Waals surface area contributed by atoms with Gasteiger partial charge in [0.25, 0.3) is 0 Å². The minimum Gasteiger partial charge on any atom is -0.474 e. The van der Waals surface area contributed by atoms with Gasteiger partial charge in [0.15, 0.2) is 0 Å². The summed E-state index contributed by atoms with van der Waals surface area (Å²) in [6, 6.07) is 5.10. The molecule has 9 heavy (non-hydrogen) atoms. The molecule has 1 rings (SSSR count). The van der Waals surface area contributed by atoms with Crippen LogP contribution >= 0.6 is 11.6 Å². The van der Waals surface area contributed by atoms with E-state index < -0.39 is 0 Å². The molecule has 0 aromatic carbocycles. The molecule has 0 fully saturated rings. The third kappa shape index (κ3) is 1.57. The average molecular weight is 143 g/mol. The molecule has 47 valence electrons. The summed E-state index contributed by atoms with van der Waals surface area (Å²) >= 11 is 5.50. The van der Waals surface area contributed by atoms with Crippen LogP contribution in [-0.2, 0) is 0 Å². The third-order valence-electron chi connectivity index (χ3n) is 0.837. The van der Waals surface area contributed by atoms with Crippen LogP contribution in [0.4, 0.5) is 0 Å². The Labute approximate surface area is 58.4 Å². The molecule has 0 unspecified atom stereocenters. The lowest BCUT2D eigenvalue weighted by Gasteiger charge is -1.94. The number of hydrogen-bond donors (Lipinski definition) is 0. The van der Waals surface area contributed by atoms with E-state index in [1.807, 2.05) is 0 Å². The summed E-state index contributed by atoms with van der Waals surface area (Å²) in [5.74, 6) is 0.433. The molecular weight excluding hydrogens is 138 g/mol. The second kappa shape index (κ2) is 2.69. The van der Waals surface area contributed by atoms with Gasteiger partial charge in [-0.3, -0.25) is 0 Å². The molecule has 0 saturated heterocycles. The largest absolute Gasteiger partial charge is 0.474 e. The maximum Gasteiger partial charge on any atom is 0.214 e. The maximum atomic E-state index is 5.50. The normalized spacial score (nSPS) is 9.11. The second-order valence-corrected chi connectivity index (χ2v) is 1.83. The molecule has 1 aromatic rings. The number of rotatable bonds is 1. The lowest BCUT2D eigenvalue weighted by molar-refractivity contribution is 0.453. The smallest absolute Gasteiger partial charge is 0.214 e. The number of aromatic nitrogens is 1. The Morgan fingerprint density at radius 1 is 1.56 bits per heavy atom. The van der Waals surface area contributed by atoms with Crippen molar-refractivity contribution in [1.29, 1.82) is 0 Å². The first-order valence-electron chi connectivity index (χ1n) is 2.37. The van der Waals surface area contributed by atoms with Gasteiger partial charge in [0.05, 0.1) is 0 Å². The van der Waals surface area contributed by atoms with Crippen molar-refractivity contribution in [2.45, 2.75) is 0 Å². The van der Waals surface area contributed by atoms with Crippen LogP contribution in [0.2, 0.25) is 5.15 Å². The van der Waals surface area contributed by atoms with Crippen molar-refractivity contribution in [1.82, 2.24) is 4.98 Å². The molecule has 0 aliphatic carbocycles. The van der Waals surface area contributed by atoms with Gasteiger partial charge in [-0.2, -0.15) is 0 Å². The Bertz CT molecular complexity index is 202. The molecule has 2 nitrogen and oxygen atoms in total. The Morgan fingerprint density at radius 3 is 2.78 bits per heavy atom. The zero-order valence-electron chi connectivity index (χ0n) is 4.67. The highest BCUT2D eigenvalue weighted by Gasteiger charge is 1.90. The van der Waals surface area contributed by atoms with E-state index in [-0.39, 0.29) is 0 Å². The molecule has 0 aliphatic rings. The molecule has 0 atom stereocenters. The highest BCUT2D eigenvalue weighted by atomic mass is 35.5. The first-order valence-corrected chi connectivity index (χ1v) is 2.75. The van der Waals surface area contributed by atoms with Crippen LogP contribution in [0.5, 0.6) is 5.88 Å². The summed E-state index contributed by atoms with van der Waals surface area (Å²) < 4.78 is 4.55. The Hall–Kier alpha value is -0.760. The number of pyridine rings is 1. The minimum absolute atomic E-state index is 0.413. The Balaban J connectivity index is 2.94. The van der Waals surface area contributed by atoms with E-state index in [4.69, 9.17) is 11.6 Å². The van der Waals surface area contributed by atoms with Crippen LogP contribution in [-0.4, -0.2) is 4.98 Å². The highest BCUT2D eigenvalue weighted by Crippen LogP contribution is 2.10. The van der Waals surface area contributed by atoms with Gasteiger partial charge in [0.1, 0.15) is 12.3 Å². The van der Waals surface area contributed by atoms with E-state index in [1.54, 1.807) is 18.2 Å². The standard InChI is InChI=1S/C6H5ClNO/c1-9-6-4-2-3-5(7)8-6/h2-4H,1H2. The van der Waals surface area contributed by atoms with E-state index in [2.05, 4.69) is 16.8 Å². The number of hydrogen-bond acceptors (Lipinski definition) is 2. The molecular formula is C6H5ClNO. The Kier molecular flexibility index (Phi) is 1.90. The molecule has 0 aliphatic heterocycles. The summed E-state index contributed by atoms with van der Waals surface area (Å²) in [4.78, 5) is 3.77. The van der Waals surface area contributed by atoms with E-state index in [9.17, 15) is 0 Å². The number of ether oxygens (including phenoxy) is 1. The second-order valence-electron chi connectivity index (χ2n) is 1.44. The van der Waals surface area contributed by atoms with Gasteiger partial charge in [-0.25, -0.2) is 4.98 Å². The van der Waals surface area contributed by atoms with Crippen LogP contribution in [0.1, 0.15) is 0 Å². The van der Waals surface area contributed by atoms with Crippen LogP contribution in [0.15, 0.2) is 18.2 Å². The molecule has 0 bridgehead atoms. The molecule has 1 aromatic heterocycles. The van der Waals surface area contributed by atoms with Crippen LogP contribution in [0.3, 0.4) is 0 Å². The number of nitrogens with zero attached hydrogens (tertiary/aromatic N) is 1. The monoisotopic (exact) mass is 142 g/mol. The van der Waals surface area contributed by atoms with Gasteiger partial charge in [-0.05, 0) is 6.07 Å². The van der Waals surface area contributed by atoms with Gasteiger partial charge >= 0.3 is 0 Å². The molecule has 0 saturated carbocycles. The fourth-order valence-corrected chi connectivity index (χ4v) is 0.626. The zero-order valence-corrected chi connectivity index (χ0v) is 5.43. The SMILES string of the molecule is [CH2]Oc1cccc(Cl)n1. The van der Waals surface area contributed by atoms with Crippen molar-refractivity contribution in [2.24, 2.45) is 0 Å². The van der Waals surface area contributed by atoms with Gasteiger partial charge in [-0.1, -0.05) is 17.7 Å². The topological polar surface area (TPSA) is 22.1 Å². The lowest BCUT2D eigenvalue weighted by Crippen LogP contribution is -1.82. The predicted octanol–water partition coefficient (Wildman–Crippen LogP) is 1.91. The van der Waals surface area contributed by atoms with Crippen molar-refractivity contribution < 1.29 is 4.74 Å². The van der Waals surface area contributed by atoms with E-state index in [0.29, 0.717) is 11.0 Å². The maximum absolute atomic E-state index is 5.50. The van der Waals surface area contributed by atoms with Crippen LogP contribution < -0.4 is 4.74 Å². The van der Waals surface area contributed by atoms with Gasteiger partial charge < -0.3 is 4.74 Å². The fourth-order valence-electron chi connectivity index (χ4n) is 0.470. The van der Waals surface area contributed by atoms with Gasteiger partial charge in [0.2, 0.25) is 5.88 Å². The molecule has 0 amide bonds. The van der Waals surface area contributed by atoms with Crippen molar-refractivity contribution in [3.05, 3.63) is 30.5 Å². The Morgan fingerprint density at radius 2 is 2.33 bits per heavy atom. The molecule has 1 radical (unpaired) electrons. The molecule has 1 heterocycles. The first kappa shape index (κ1) is 6.36. The average Bonchev–Trinajstić information content (AvgIpc) is 1.88. The summed E-state index contributed by atoms with van der Waals surface area (Å²) in [5, 5.41) is 0.413. The third-order valence-corrected chi connectivity index (χ3v) is 1.05. The van der Waals surface area contributed by atoms with E-state index >= 15 is 0 Å². The van der Waals surface area contributed by atoms with Crippen molar-refractivity contribution in [3.8, 4) is 5.88 Å². The summed E-state index contributed by atoms with van der Waals surface area (Å²) in [6.45, 7) is 0. The van der Waals surface area contributed by atoms with E-state index in [0.717, 1.165) is 0 Å². The highest BCUT2D eigenvalue weighted by molar-refractivity contribution is 6.29. The number of halogens is 1. The van der Waals surface area contributed by atoms with Crippen molar-refractivity contribution in [3.63, 3.8) is 0 Å². The fraction of sp³-hybridized carbons (Fsp3) is 0. The zero-order chi connectivity index (χ0) is 6.69. The van der Waals surface area contributed by atoms with E-state index in [1.165, 1.54) is 0 Å². The minimum atomic E-state index is 0.413. The van der Waals surface area contributed by atoms with Crippen molar-refractivity contribution in [2.75, 3.05) is 0 Å².